The molecular formula is C16H15ClF3N3O2. The Morgan fingerprint density at radius 1 is 1.28 bits per heavy atom. The van der Waals surface area contributed by atoms with E-state index < -0.39 is 11.7 Å². The van der Waals surface area contributed by atoms with E-state index in [4.69, 9.17) is 16.3 Å². The second-order valence-corrected chi connectivity index (χ2v) is 5.43. The molecule has 0 bridgehead atoms. The fraction of sp³-hybridized carbons (Fsp3) is 0.250. The molecule has 2 aromatic rings. The van der Waals surface area contributed by atoms with Gasteiger partial charge in [-0.3, -0.25) is 4.79 Å². The van der Waals surface area contributed by atoms with Crippen molar-refractivity contribution in [3.8, 4) is 0 Å². The van der Waals surface area contributed by atoms with Gasteiger partial charge in [0.15, 0.2) is 0 Å². The number of carbonyl (C=O) groups excluding carboxylic acids is 1. The first-order valence-corrected chi connectivity index (χ1v) is 7.56. The van der Waals surface area contributed by atoms with Crippen molar-refractivity contribution < 1.29 is 22.7 Å². The van der Waals surface area contributed by atoms with Crippen LogP contribution in [0.15, 0.2) is 36.5 Å². The Bertz CT molecular complexity index is 736. The van der Waals surface area contributed by atoms with Crippen molar-refractivity contribution in [3.63, 3.8) is 0 Å². The van der Waals surface area contributed by atoms with Crippen LogP contribution in [0.5, 0.6) is 0 Å². The number of aromatic nitrogens is 1. The van der Waals surface area contributed by atoms with E-state index in [0.29, 0.717) is 13.2 Å². The lowest BCUT2D eigenvalue weighted by Crippen LogP contribution is -2.27. The molecule has 0 aliphatic heterocycles. The lowest BCUT2D eigenvalue weighted by molar-refractivity contribution is -0.136. The summed E-state index contributed by atoms with van der Waals surface area (Å²) in [5.41, 5.74) is -0.793. The third kappa shape index (κ3) is 5.33. The van der Waals surface area contributed by atoms with Crippen molar-refractivity contribution in [1.82, 2.24) is 10.3 Å². The van der Waals surface area contributed by atoms with Gasteiger partial charge in [0.05, 0.1) is 23.4 Å². The lowest BCUT2D eigenvalue weighted by Gasteiger charge is -2.14. The summed E-state index contributed by atoms with van der Waals surface area (Å²) in [5.74, 6) is -0.181. The van der Waals surface area contributed by atoms with Crippen LogP contribution < -0.4 is 10.6 Å². The summed E-state index contributed by atoms with van der Waals surface area (Å²) >= 11 is 5.64. The molecule has 1 heterocycles. The zero-order chi connectivity index (χ0) is 18.4. The van der Waals surface area contributed by atoms with E-state index >= 15 is 0 Å². The number of pyridine rings is 1. The Balaban J connectivity index is 2.13. The van der Waals surface area contributed by atoms with Gasteiger partial charge in [-0.25, -0.2) is 4.98 Å². The Morgan fingerprint density at radius 2 is 2.04 bits per heavy atom. The fourth-order valence-corrected chi connectivity index (χ4v) is 2.14. The van der Waals surface area contributed by atoms with E-state index in [9.17, 15) is 18.0 Å². The topological polar surface area (TPSA) is 63.2 Å². The van der Waals surface area contributed by atoms with E-state index in [0.717, 1.165) is 6.07 Å². The lowest BCUT2D eigenvalue weighted by atomic mass is 10.1. The highest BCUT2D eigenvalue weighted by Crippen LogP contribution is 2.37. The summed E-state index contributed by atoms with van der Waals surface area (Å²) in [5, 5.41) is 5.18. The standard InChI is InChI=1S/C16H15ClF3N3O2/c1-25-7-6-21-15(24)10-2-5-14(22-9-10)23-13-4-3-11(17)8-12(13)16(18,19)20/h2-5,8-9H,6-7H2,1H3,(H,21,24)(H,22,23). The van der Waals surface area contributed by atoms with Crippen LogP contribution in [-0.2, 0) is 10.9 Å². The van der Waals surface area contributed by atoms with Crippen molar-refractivity contribution >= 4 is 29.0 Å². The van der Waals surface area contributed by atoms with Gasteiger partial charge in [-0.1, -0.05) is 11.6 Å². The molecule has 0 unspecified atom stereocenters. The highest BCUT2D eigenvalue weighted by Gasteiger charge is 2.33. The summed E-state index contributed by atoms with van der Waals surface area (Å²) < 4.78 is 44.0. The number of methoxy groups -OCH3 is 1. The van der Waals surface area contributed by atoms with Gasteiger partial charge in [-0.2, -0.15) is 13.2 Å². The van der Waals surface area contributed by atoms with Crippen molar-refractivity contribution in [2.75, 3.05) is 25.6 Å². The molecule has 1 amide bonds. The molecule has 5 nitrogen and oxygen atoms in total. The summed E-state index contributed by atoms with van der Waals surface area (Å²) in [4.78, 5) is 15.8. The van der Waals surface area contributed by atoms with Crippen molar-refractivity contribution in [2.45, 2.75) is 6.18 Å². The number of hydrogen-bond donors (Lipinski definition) is 2. The molecule has 9 heteroatoms. The van der Waals surface area contributed by atoms with Gasteiger partial charge in [-0.05, 0) is 30.3 Å². The number of amides is 1. The number of carbonyl (C=O) groups is 1. The first-order chi connectivity index (χ1) is 11.8. The molecule has 0 aliphatic carbocycles. The molecule has 0 saturated heterocycles. The number of hydrogen-bond acceptors (Lipinski definition) is 4. The number of nitrogens with zero attached hydrogens (tertiary/aromatic N) is 1. The van der Waals surface area contributed by atoms with Crippen LogP contribution in [0, 0.1) is 0 Å². The molecule has 2 N–H and O–H groups in total. The second kappa shape index (κ2) is 8.17. The van der Waals surface area contributed by atoms with Gasteiger partial charge < -0.3 is 15.4 Å². The SMILES string of the molecule is COCCNC(=O)c1ccc(Nc2ccc(Cl)cc2C(F)(F)F)nc1. The number of halogens is 4. The quantitative estimate of drug-likeness (QED) is 0.754. The van der Waals surface area contributed by atoms with Gasteiger partial charge in [0.2, 0.25) is 0 Å². The average molecular weight is 374 g/mol. The molecule has 2 rings (SSSR count). The van der Waals surface area contributed by atoms with E-state index in [-0.39, 0.29) is 28.0 Å². The predicted molar refractivity (Wildman–Crippen MR) is 88.2 cm³/mol. The van der Waals surface area contributed by atoms with Gasteiger partial charge in [0.1, 0.15) is 5.82 Å². The van der Waals surface area contributed by atoms with Crippen LogP contribution >= 0.6 is 11.6 Å². The predicted octanol–water partition coefficient (Wildman–Crippen LogP) is 3.87. The number of nitrogens with one attached hydrogen (secondary N) is 2. The van der Waals surface area contributed by atoms with Crippen LogP contribution in [0.4, 0.5) is 24.7 Å². The average Bonchev–Trinajstić information content (AvgIpc) is 2.56. The van der Waals surface area contributed by atoms with Crippen molar-refractivity contribution in [1.29, 1.82) is 0 Å². The summed E-state index contributed by atoms with van der Waals surface area (Å²) in [6.07, 6.45) is -3.29. The number of benzene rings is 1. The second-order valence-electron chi connectivity index (χ2n) is 4.99. The summed E-state index contributed by atoms with van der Waals surface area (Å²) in [6.45, 7) is 0.713. The molecule has 1 aromatic carbocycles. The fourth-order valence-electron chi connectivity index (χ4n) is 1.97. The van der Waals surface area contributed by atoms with Crippen LogP contribution in [0.25, 0.3) is 0 Å². The molecule has 25 heavy (non-hydrogen) atoms. The molecule has 0 spiro atoms. The van der Waals surface area contributed by atoms with Crippen LogP contribution in [0.1, 0.15) is 15.9 Å². The Labute approximate surface area is 147 Å². The normalized spacial score (nSPS) is 11.2. The molecular weight excluding hydrogens is 359 g/mol. The summed E-state index contributed by atoms with van der Waals surface area (Å²) in [6, 6.07) is 6.27. The first kappa shape index (κ1) is 19.0. The monoisotopic (exact) mass is 373 g/mol. The number of alkyl halides is 3. The van der Waals surface area contributed by atoms with Gasteiger partial charge in [0.25, 0.3) is 5.91 Å². The third-order valence-electron chi connectivity index (χ3n) is 3.17. The minimum atomic E-state index is -4.56. The summed E-state index contributed by atoms with van der Waals surface area (Å²) in [7, 11) is 1.51. The molecule has 0 fully saturated rings. The maximum Gasteiger partial charge on any atom is 0.418 e. The molecule has 0 saturated carbocycles. The van der Waals surface area contributed by atoms with Gasteiger partial charge in [0, 0.05) is 24.9 Å². The highest BCUT2D eigenvalue weighted by atomic mass is 35.5. The zero-order valence-electron chi connectivity index (χ0n) is 13.2. The van der Waals surface area contributed by atoms with Gasteiger partial charge in [-0.15, -0.1) is 0 Å². The van der Waals surface area contributed by atoms with E-state index in [2.05, 4.69) is 15.6 Å². The van der Waals surface area contributed by atoms with E-state index in [1.165, 1.54) is 37.6 Å². The van der Waals surface area contributed by atoms with E-state index in [1.807, 2.05) is 0 Å². The Kier molecular flexibility index (Phi) is 6.22. The smallest absolute Gasteiger partial charge is 0.383 e. The maximum atomic E-state index is 13.1. The zero-order valence-corrected chi connectivity index (χ0v) is 13.9. The van der Waals surface area contributed by atoms with Crippen LogP contribution in [-0.4, -0.2) is 31.2 Å². The minimum Gasteiger partial charge on any atom is -0.383 e. The Morgan fingerprint density at radius 3 is 2.64 bits per heavy atom. The molecule has 0 aliphatic rings. The molecule has 0 radical (unpaired) electrons. The van der Waals surface area contributed by atoms with Crippen LogP contribution in [0.3, 0.4) is 0 Å². The number of anilines is 2. The third-order valence-corrected chi connectivity index (χ3v) is 3.40. The van der Waals surface area contributed by atoms with Crippen LogP contribution in [0.2, 0.25) is 5.02 Å². The Hall–Kier alpha value is -2.32. The minimum absolute atomic E-state index is 0.0195. The molecule has 0 atom stereocenters. The number of ether oxygens (including phenoxy) is 1. The largest absolute Gasteiger partial charge is 0.418 e. The van der Waals surface area contributed by atoms with Crippen molar-refractivity contribution in [3.05, 3.63) is 52.7 Å². The maximum absolute atomic E-state index is 13.1. The molecule has 134 valence electrons. The van der Waals surface area contributed by atoms with E-state index in [1.54, 1.807) is 0 Å². The van der Waals surface area contributed by atoms with Gasteiger partial charge >= 0.3 is 6.18 Å². The first-order valence-electron chi connectivity index (χ1n) is 7.18. The highest BCUT2D eigenvalue weighted by molar-refractivity contribution is 6.30. The van der Waals surface area contributed by atoms with Crippen molar-refractivity contribution in [2.24, 2.45) is 0 Å². The molecule has 1 aromatic heterocycles. The number of rotatable bonds is 6.